The fourth-order valence-electron chi connectivity index (χ4n) is 16.3. The van der Waals surface area contributed by atoms with Crippen LogP contribution in [-0.4, -0.2) is 51.2 Å². The van der Waals surface area contributed by atoms with Crippen LogP contribution in [0, 0.1) is 73.9 Å². The first-order valence-electron chi connectivity index (χ1n) is 24.0. The van der Waals surface area contributed by atoms with Crippen LogP contribution in [0.25, 0.3) is 0 Å². The molecule has 0 radical (unpaired) electrons. The van der Waals surface area contributed by atoms with Crippen LogP contribution in [0.2, 0.25) is 0 Å². The van der Waals surface area contributed by atoms with Gasteiger partial charge in [-0.3, -0.25) is 9.59 Å². The Balaban J connectivity index is 1.00. The Bertz CT molecular complexity index is 2020. The van der Waals surface area contributed by atoms with Crippen molar-refractivity contribution in [3.05, 3.63) is 59.3 Å². The first-order chi connectivity index (χ1) is 28.8. The molecule has 8 rings (SSSR count). The van der Waals surface area contributed by atoms with E-state index in [9.17, 15) is 25.1 Å². The normalized spacial score (nSPS) is 42.6. The summed E-state index contributed by atoms with van der Waals surface area (Å²) in [7, 11) is 0. The molecule has 0 spiro atoms. The topological polar surface area (TPSA) is 133 Å². The lowest BCUT2D eigenvalue weighted by atomic mass is 9.33. The van der Waals surface area contributed by atoms with Gasteiger partial charge in [-0.2, -0.15) is 5.26 Å². The van der Waals surface area contributed by atoms with Gasteiger partial charge in [0.15, 0.2) is 0 Å². The molecule has 1 heterocycles. The van der Waals surface area contributed by atoms with Gasteiger partial charge in [0, 0.05) is 17.7 Å². The minimum Gasteiger partial charge on any atom is -0.481 e. The second-order valence-corrected chi connectivity index (χ2v) is 22.9. The number of rotatable bonds is 11. The van der Waals surface area contributed by atoms with Crippen LogP contribution in [0.4, 0.5) is 0 Å². The Hall–Kier alpha value is -3.28. The summed E-state index contributed by atoms with van der Waals surface area (Å²) in [5.74, 6) is 2.61. The molecule has 0 unspecified atom stereocenters. The number of aliphatic carboxylic acids is 1. The van der Waals surface area contributed by atoms with E-state index in [2.05, 4.69) is 76.6 Å². The number of ether oxygens (including phenoxy) is 1. The molecule has 0 aromatic carbocycles. The van der Waals surface area contributed by atoms with Crippen molar-refractivity contribution >= 4 is 11.8 Å². The van der Waals surface area contributed by atoms with Gasteiger partial charge in [0.2, 0.25) is 5.88 Å². The molecular formula is C53H75N3O5. The third-order valence-electron chi connectivity index (χ3n) is 20.0. The van der Waals surface area contributed by atoms with E-state index in [1.54, 1.807) is 25.3 Å². The number of aromatic nitrogens is 1. The fraction of sp³-hybridized carbons (Fsp3) is 0.736. The van der Waals surface area contributed by atoms with Gasteiger partial charge in [-0.25, -0.2) is 4.98 Å². The van der Waals surface area contributed by atoms with Crippen LogP contribution in [0.3, 0.4) is 0 Å². The van der Waals surface area contributed by atoms with Gasteiger partial charge < -0.3 is 20.3 Å². The van der Waals surface area contributed by atoms with E-state index in [-0.39, 0.29) is 51.4 Å². The third-order valence-corrected chi connectivity index (χ3v) is 20.0. The maximum atomic E-state index is 12.8. The van der Waals surface area contributed by atoms with Gasteiger partial charge in [-0.15, -0.1) is 0 Å². The second kappa shape index (κ2) is 15.8. The van der Waals surface area contributed by atoms with Crippen molar-refractivity contribution in [3.8, 4) is 11.9 Å². The maximum Gasteiger partial charge on any atom is 0.313 e. The number of carbonyl (C=O) groups excluding carboxylic acids is 1. The molecule has 1 aromatic heterocycles. The molecule has 8 heteroatoms. The molecule has 0 aliphatic heterocycles. The number of carbonyl (C=O) groups is 2. The SMILES string of the molecule is C=C(C)[C@@H]1CC[C@]2(NCCC3(O)CCC(C(C)=O)CC3)CC[C@]3(C)[C@H](CC[C@@H]4[C@@]5(C)CC=C(C6=CC[C@](COc7ncccc7C#N)(C(=O)O)CC6)C(C)(C)[C@@H]5CC[C@]43C)[C@@H]12. The molecule has 0 bridgehead atoms. The zero-order valence-electron chi connectivity index (χ0n) is 38.5. The molecule has 61 heavy (non-hydrogen) atoms. The van der Waals surface area contributed by atoms with Gasteiger partial charge >= 0.3 is 5.97 Å². The molecule has 8 nitrogen and oxygen atoms in total. The molecule has 10 atom stereocenters. The highest BCUT2D eigenvalue weighted by molar-refractivity contribution is 5.78. The largest absolute Gasteiger partial charge is 0.481 e. The standard InChI is InChI=1S/C53H75N3O5/c1-34(2)39-17-26-53(56-31-29-52(60)24-15-36(16-25-52)35(3)57)28-27-49(7)41(44(39)53)11-12-43-48(6)20-18-40(47(4,5)42(48)19-21-50(43,49)8)37-13-22-51(23-14-37,46(58)59)33-61-45-38(32-54)10-9-30-55-45/h9-10,13,18,30,36,39,41-44,56,60H,1,11-12,14-17,19-29,31,33H2,2-8H3,(H,58,59)/t36?,39-,41+,42-,43+,44+,48-,49+,50+,51-,52?,53-/m0/s1. The van der Waals surface area contributed by atoms with Crippen molar-refractivity contribution in [1.82, 2.24) is 10.3 Å². The smallest absolute Gasteiger partial charge is 0.313 e. The number of ketones is 1. The summed E-state index contributed by atoms with van der Waals surface area (Å²) < 4.78 is 5.96. The van der Waals surface area contributed by atoms with Crippen molar-refractivity contribution in [2.45, 2.75) is 169 Å². The van der Waals surface area contributed by atoms with E-state index in [0.29, 0.717) is 54.4 Å². The first kappa shape index (κ1) is 44.3. The van der Waals surface area contributed by atoms with Crippen LogP contribution in [0.15, 0.2) is 53.8 Å². The first-order valence-corrected chi connectivity index (χ1v) is 24.0. The highest BCUT2D eigenvalue weighted by Gasteiger charge is 2.70. The van der Waals surface area contributed by atoms with Gasteiger partial charge in [0.25, 0.3) is 0 Å². The number of aliphatic hydroxyl groups is 1. The fourth-order valence-corrected chi connectivity index (χ4v) is 16.3. The molecule has 7 aliphatic carbocycles. The third kappa shape index (κ3) is 7.09. The van der Waals surface area contributed by atoms with E-state index >= 15 is 0 Å². The molecule has 7 aliphatic rings. The summed E-state index contributed by atoms with van der Waals surface area (Å²) in [4.78, 5) is 29.1. The number of carboxylic acid groups (broad SMARTS) is 1. The number of nitriles is 1. The monoisotopic (exact) mass is 834 g/mol. The second-order valence-electron chi connectivity index (χ2n) is 22.9. The summed E-state index contributed by atoms with van der Waals surface area (Å²) in [6.07, 6.45) is 22.7. The predicted octanol–water partition coefficient (Wildman–Crippen LogP) is 10.9. The number of carboxylic acids is 1. The molecule has 5 fully saturated rings. The molecule has 3 N–H and O–H groups in total. The number of allylic oxidation sites excluding steroid dienone is 5. The Labute approximate surface area is 366 Å². The summed E-state index contributed by atoms with van der Waals surface area (Å²) in [5, 5.41) is 35.9. The molecular weight excluding hydrogens is 759 g/mol. The zero-order valence-corrected chi connectivity index (χ0v) is 38.5. The highest BCUT2D eigenvalue weighted by atomic mass is 16.5. The minimum atomic E-state index is -1.06. The van der Waals surface area contributed by atoms with Crippen molar-refractivity contribution < 1.29 is 24.5 Å². The van der Waals surface area contributed by atoms with Crippen molar-refractivity contribution in [3.63, 3.8) is 0 Å². The molecule has 5 saturated carbocycles. The van der Waals surface area contributed by atoms with Gasteiger partial charge in [-0.1, -0.05) is 58.9 Å². The zero-order chi connectivity index (χ0) is 43.8. The Morgan fingerprint density at radius 1 is 0.918 bits per heavy atom. The average molecular weight is 834 g/mol. The Morgan fingerprint density at radius 2 is 1.67 bits per heavy atom. The minimum absolute atomic E-state index is 0.0149. The number of fused-ring (bicyclic) bond motifs is 7. The number of pyridine rings is 1. The van der Waals surface area contributed by atoms with Crippen molar-refractivity contribution in [1.29, 1.82) is 5.26 Å². The lowest BCUT2D eigenvalue weighted by Crippen LogP contribution is -2.68. The Kier molecular flexibility index (Phi) is 11.5. The molecule has 332 valence electrons. The maximum absolute atomic E-state index is 12.8. The van der Waals surface area contributed by atoms with Crippen LogP contribution < -0.4 is 10.1 Å². The number of hydrogen-bond donors (Lipinski definition) is 3. The summed E-state index contributed by atoms with van der Waals surface area (Å²) in [6, 6.07) is 5.44. The van der Waals surface area contributed by atoms with Gasteiger partial charge in [0.1, 0.15) is 29.4 Å². The van der Waals surface area contributed by atoms with E-state index in [1.165, 1.54) is 68.1 Å². The van der Waals surface area contributed by atoms with Crippen LogP contribution in [0.5, 0.6) is 5.88 Å². The van der Waals surface area contributed by atoms with E-state index in [4.69, 9.17) is 4.74 Å². The van der Waals surface area contributed by atoms with E-state index < -0.39 is 17.0 Å². The lowest BCUT2D eigenvalue weighted by Gasteiger charge is -2.72. The van der Waals surface area contributed by atoms with E-state index in [1.807, 2.05) is 0 Å². The average Bonchev–Trinajstić information content (AvgIpc) is 3.60. The number of Topliss-reactive ketones (excluding diaryl/α,β-unsaturated/α-hetero) is 1. The van der Waals surface area contributed by atoms with Crippen LogP contribution in [0.1, 0.15) is 163 Å². The quantitative estimate of drug-likeness (QED) is 0.188. The Morgan fingerprint density at radius 3 is 2.33 bits per heavy atom. The van der Waals surface area contributed by atoms with Gasteiger partial charge in [0.05, 0.1) is 5.60 Å². The number of nitrogens with one attached hydrogen (secondary N) is 1. The molecule has 0 saturated heterocycles. The lowest BCUT2D eigenvalue weighted by molar-refractivity contribution is -0.221. The molecule has 1 aromatic rings. The molecule has 0 amide bonds. The summed E-state index contributed by atoms with van der Waals surface area (Å²) in [5.41, 5.74) is 3.35. The van der Waals surface area contributed by atoms with E-state index in [0.717, 1.165) is 45.1 Å². The predicted molar refractivity (Wildman–Crippen MR) is 239 cm³/mol. The number of hydrogen-bond acceptors (Lipinski definition) is 7. The summed E-state index contributed by atoms with van der Waals surface area (Å²) >= 11 is 0. The number of nitrogens with zero attached hydrogens (tertiary/aromatic N) is 2. The highest BCUT2D eigenvalue weighted by Crippen LogP contribution is 2.76. The van der Waals surface area contributed by atoms with Gasteiger partial charge in [-0.05, 0) is 204 Å². The van der Waals surface area contributed by atoms with Crippen molar-refractivity contribution in [2.24, 2.45) is 62.6 Å². The van der Waals surface area contributed by atoms with Crippen LogP contribution >= 0.6 is 0 Å². The van der Waals surface area contributed by atoms with Crippen LogP contribution in [-0.2, 0) is 9.59 Å². The summed E-state index contributed by atoms with van der Waals surface area (Å²) in [6.45, 7) is 22.4. The van der Waals surface area contributed by atoms with Crippen molar-refractivity contribution in [2.75, 3.05) is 13.2 Å².